The Hall–Kier alpha value is -2.08. The second-order valence-corrected chi connectivity index (χ2v) is 9.38. The summed E-state index contributed by atoms with van der Waals surface area (Å²) >= 11 is 0. The molecule has 0 amide bonds. The zero-order chi connectivity index (χ0) is 21.3. The van der Waals surface area contributed by atoms with Gasteiger partial charge in [-0.25, -0.2) is 0 Å². The van der Waals surface area contributed by atoms with Gasteiger partial charge in [0.25, 0.3) is 0 Å². The average molecular weight is 376 g/mol. The maximum Gasteiger partial charge on any atom is 0.309 e. The number of carbonyl (C=O) groups is 2. The zero-order valence-corrected chi connectivity index (χ0v) is 17.5. The van der Waals surface area contributed by atoms with Crippen molar-refractivity contribution in [3.05, 3.63) is 0 Å². The van der Waals surface area contributed by atoms with Gasteiger partial charge in [0, 0.05) is 0 Å². The van der Waals surface area contributed by atoms with Gasteiger partial charge in [-0.3, -0.25) is 9.59 Å². The van der Waals surface area contributed by atoms with E-state index in [-0.39, 0.29) is 23.2 Å². The molecule has 6 nitrogen and oxygen atoms in total. The number of hydrogen-bond donors (Lipinski definition) is 1. The van der Waals surface area contributed by atoms with Crippen molar-refractivity contribution in [3.63, 3.8) is 0 Å². The highest BCUT2D eigenvalue weighted by Crippen LogP contribution is 2.56. The van der Waals surface area contributed by atoms with Gasteiger partial charge in [0.15, 0.2) is 0 Å². The highest BCUT2D eigenvalue weighted by Gasteiger charge is 2.55. The van der Waals surface area contributed by atoms with Gasteiger partial charge in [-0.2, -0.15) is 10.5 Å². The maximum absolute atomic E-state index is 11.5. The third kappa shape index (κ3) is 3.68. The lowest BCUT2D eigenvalue weighted by atomic mass is 9.66. The first-order valence-electron chi connectivity index (χ1n) is 9.37. The summed E-state index contributed by atoms with van der Waals surface area (Å²) < 4.78 is 4.76. The lowest BCUT2D eigenvalue weighted by Crippen LogP contribution is -2.36. The van der Waals surface area contributed by atoms with E-state index in [1.807, 2.05) is 41.5 Å². The predicted molar refractivity (Wildman–Crippen MR) is 100 cm³/mol. The fraction of sp³-hybridized carbons (Fsp3) is 0.810. The highest BCUT2D eigenvalue weighted by molar-refractivity contribution is 5.74. The lowest BCUT2D eigenvalue weighted by Gasteiger charge is -2.35. The summed E-state index contributed by atoms with van der Waals surface area (Å²) in [5.74, 6) is -1.48. The highest BCUT2D eigenvalue weighted by atomic mass is 16.5. The molecule has 0 aliphatic heterocycles. The zero-order valence-electron chi connectivity index (χ0n) is 17.5. The monoisotopic (exact) mass is 376 g/mol. The fourth-order valence-electron chi connectivity index (χ4n) is 4.39. The van der Waals surface area contributed by atoms with Crippen molar-refractivity contribution in [2.75, 3.05) is 7.11 Å². The molecule has 6 heteroatoms. The molecule has 2 saturated carbocycles. The number of carbonyl (C=O) groups excluding carboxylic acids is 1. The molecule has 0 aromatic heterocycles. The Morgan fingerprint density at radius 1 is 0.889 bits per heavy atom. The molecule has 0 unspecified atom stereocenters. The first-order chi connectivity index (χ1) is 12.2. The van der Waals surface area contributed by atoms with Crippen molar-refractivity contribution >= 4 is 11.9 Å². The number of methoxy groups -OCH3 is 1. The summed E-state index contributed by atoms with van der Waals surface area (Å²) in [6.07, 6.45) is 2.83. The molecule has 2 aliphatic rings. The van der Waals surface area contributed by atoms with Gasteiger partial charge in [-0.1, -0.05) is 27.7 Å². The molecule has 0 aromatic carbocycles. The Morgan fingerprint density at radius 2 is 1.26 bits per heavy atom. The quantitative estimate of drug-likeness (QED) is 0.724. The molecule has 1 N–H and O–H groups in total. The van der Waals surface area contributed by atoms with E-state index >= 15 is 0 Å². The van der Waals surface area contributed by atoms with Crippen molar-refractivity contribution in [3.8, 4) is 12.1 Å². The van der Waals surface area contributed by atoms with Crippen LogP contribution in [0, 0.1) is 56.2 Å². The van der Waals surface area contributed by atoms with Crippen LogP contribution in [-0.4, -0.2) is 24.2 Å². The first-order valence-corrected chi connectivity index (χ1v) is 9.37. The van der Waals surface area contributed by atoms with Crippen molar-refractivity contribution in [2.45, 2.75) is 67.2 Å². The number of carboxylic acids is 1. The van der Waals surface area contributed by atoms with Crippen LogP contribution in [0.5, 0.6) is 0 Å². The summed E-state index contributed by atoms with van der Waals surface area (Å²) in [6.45, 7) is 11.5. The molecule has 2 fully saturated rings. The third-order valence-electron chi connectivity index (χ3n) is 7.73. The van der Waals surface area contributed by atoms with E-state index in [2.05, 4.69) is 12.1 Å². The van der Waals surface area contributed by atoms with E-state index in [9.17, 15) is 9.59 Å². The molecule has 0 heterocycles. The van der Waals surface area contributed by atoms with Crippen LogP contribution in [0.15, 0.2) is 0 Å². The molecule has 150 valence electrons. The SMILES string of the molecule is CC1(C)[C@H](C(=O)O)CC[C@]1(C)C#N.COC(=O)[C@@H]1CC[C@](C)(C#N)C1(C)C. The second-order valence-electron chi connectivity index (χ2n) is 9.38. The molecule has 2 aliphatic carbocycles. The van der Waals surface area contributed by atoms with E-state index in [4.69, 9.17) is 20.4 Å². The van der Waals surface area contributed by atoms with Gasteiger partial charge in [0.1, 0.15) is 0 Å². The van der Waals surface area contributed by atoms with Crippen molar-refractivity contribution < 1.29 is 19.4 Å². The molecule has 0 radical (unpaired) electrons. The minimum atomic E-state index is -0.774. The number of hydrogen-bond acceptors (Lipinski definition) is 5. The van der Waals surface area contributed by atoms with Gasteiger partial charge in [-0.05, 0) is 50.4 Å². The van der Waals surface area contributed by atoms with Gasteiger partial charge < -0.3 is 9.84 Å². The molecule has 0 saturated heterocycles. The Kier molecular flexibility index (Phi) is 6.38. The van der Waals surface area contributed by atoms with Crippen LogP contribution < -0.4 is 0 Å². The van der Waals surface area contributed by atoms with E-state index in [1.54, 1.807) is 0 Å². The third-order valence-corrected chi connectivity index (χ3v) is 7.73. The van der Waals surface area contributed by atoms with E-state index in [0.717, 1.165) is 12.8 Å². The minimum absolute atomic E-state index is 0.142. The Morgan fingerprint density at radius 3 is 1.52 bits per heavy atom. The summed E-state index contributed by atoms with van der Waals surface area (Å²) in [4.78, 5) is 22.4. The van der Waals surface area contributed by atoms with Gasteiger partial charge in [-0.15, -0.1) is 0 Å². The first kappa shape index (κ1) is 23.0. The van der Waals surface area contributed by atoms with Gasteiger partial charge in [0.2, 0.25) is 0 Å². The molecular formula is C21H32N2O4. The van der Waals surface area contributed by atoms with Crippen molar-refractivity contribution in [1.29, 1.82) is 10.5 Å². The number of rotatable bonds is 2. The average Bonchev–Trinajstić information content (AvgIpc) is 2.98. The number of nitrogens with zero attached hydrogens (tertiary/aromatic N) is 2. The minimum Gasteiger partial charge on any atom is -0.481 e. The van der Waals surface area contributed by atoms with Crippen LogP contribution in [0.3, 0.4) is 0 Å². The Bertz CT molecular complexity index is 685. The maximum atomic E-state index is 11.5. The number of carboxylic acid groups (broad SMARTS) is 1. The topological polar surface area (TPSA) is 111 Å². The van der Waals surface area contributed by atoms with Gasteiger partial charge >= 0.3 is 11.9 Å². The van der Waals surface area contributed by atoms with Crippen LogP contribution in [-0.2, 0) is 14.3 Å². The summed E-state index contributed by atoms with van der Waals surface area (Å²) in [5.41, 5.74) is -1.62. The number of nitriles is 2. The number of ether oxygens (including phenoxy) is 1. The number of aliphatic carboxylic acids is 1. The Labute approximate surface area is 162 Å². The molecule has 0 spiro atoms. The molecule has 2 rings (SSSR count). The van der Waals surface area contributed by atoms with Crippen LogP contribution in [0.25, 0.3) is 0 Å². The van der Waals surface area contributed by atoms with Crippen molar-refractivity contribution in [1.82, 2.24) is 0 Å². The van der Waals surface area contributed by atoms with Crippen molar-refractivity contribution in [2.24, 2.45) is 33.5 Å². The van der Waals surface area contributed by atoms with Crippen LogP contribution in [0.1, 0.15) is 67.2 Å². The molecule has 27 heavy (non-hydrogen) atoms. The molecular weight excluding hydrogens is 344 g/mol. The van der Waals surface area contributed by atoms with Crippen LogP contribution >= 0.6 is 0 Å². The van der Waals surface area contributed by atoms with E-state index < -0.39 is 22.2 Å². The standard InChI is InChI=1S/C11H17NO2.C10H15NO2/c1-10(2)8(9(13)14-4)5-6-11(10,3)7-12;1-9(2)7(8(12)13)4-5-10(9,3)6-11/h8H,5-6H2,1-4H3;7H,4-5H2,1-3H3,(H,12,13)/t8-,11+;7-,10+/m00/s1. The van der Waals surface area contributed by atoms with Gasteiger partial charge in [0.05, 0.1) is 41.9 Å². The second kappa shape index (κ2) is 7.50. The van der Waals surface area contributed by atoms with Crippen LogP contribution in [0.4, 0.5) is 0 Å². The Balaban J connectivity index is 0.000000271. The fourth-order valence-corrected chi connectivity index (χ4v) is 4.39. The lowest BCUT2D eigenvalue weighted by molar-refractivity contribution is -0.149. The molecule has 0 aromatic rings. The molecule has 0 bridgehead atoms. The van der Waals surface area contributed by atoms with E-state index in [0.29, 0.717) is 12.8 Å². The smallest absolute Gasteiger partial charge is 0.309 e. The number of esters is 1. The summed E-state index contributed by atoms with van der Waals surface area (Å²) in [5, 5.41) is 27.1. The normalized spacial score (nSPS) is 35.9. The molecule has 4 atom stereocenters. The summed E-state index contributed by atoms with van der Waals surface area (Å²) in [6, 6.07) is 4.58. The summed E-state index contributed by atoms with van der Waals surface area (Å²) in [7, 11) is 1.40. The largest absolute Gasteiger partial charge is 0.481 e. The predicted octanol–water partition coefficient (Wildman–Crippen LogP) is 4.16. The van der Waals surface area contributed by atoms with Crippen LogP contribution in [0.2, 0.25) is 0 Å². The van der Waals surface area contributed by atoms with E-state index in [1.165, 1.54) is 7.11 Å².